The molecular formula is C39H35NO3. The predicted molar refractivity (Wildman–Crippen MR) is 179 cm³/mol. The summed E-state index contributed by atoms with van der Waals surface area (Å²) in [5.41, 5.74) is 6.70. The highest BCUT2D eigenvalue weighted by Gasteiger charge is 2.14. The SMILES string of the molecule is COc1ccc(N(c2ccc(OC)cc2)c2ccc3cc(C=C(C)OCc4cc5ccccc5cc4C)ccc3c2)cc1. The molecule has 0 saturated carbocycles. The van der Waals surface area contributed by atoms with E-state index in [2.05, 4.69) is 115 Å². The number of fused-ring (bicyclic) bond motifs is 2. The summed E-state index contributed by atoms with van der Waals surface area (Å²) >= 11 is 0. The van der Waals surface area contributed by atoms with Crippen LogP contribution in [0.5, 0.6) is 11.5 Å². The van der Waals surface area contributed by atoms with E-state index in [1.54, 1.807) is 14.2 Å². The lowest BCUT2D eigenvalue weighted by molar-refractivity contribution is 0.203. The molecule has 0 radical (unpaired) electrons. The molecule has 0 bridgehead atoms. The number of methoxy groups -OCH3 is 2. The Balaban J connectivity index is 1.25. The molecule has 6 rings (SSSR count). The van der Waals surface area contributed by atoms with E-state index in [1.807, 2.05) is 31.2 Å². The normalized spacial score (nSPS) is 11.5. The number of rotatable bonds is 9. The van der Waals surface area contributed by atoms with Gasteiger partial charge in [0.1, 0.15) is 18.1 Å². The standard InChI is InChI=1S/C39H35NO3/c1-27-21-30-7-5-6-8-31(30)24-34(27)26-43-28(2)22-29-9-10-33-25-37(12-11-32(33)23-29)40(35-13-17-38(41-3)18-14-35)36-15-19-39(42-4)20-16-36/h5-25H,26H2,1-4H3. The van der Waals surface area contributed by atoms with Gasteiger partial charge in [-0.25, -0.2) is 0 Å². The molecular weight excluding hydrogens is 530 g/mol. The second-order valence-electron chi connectivity index (χ2n) is 10.7. The lowest BCUT2D eigenvalue weighted by Gasteiger charge is -2.26. The van der Waals surface area contributed by atoms with Crippen molar-refractivity contribution in [1.82, 2.24) is 0 Å². The van der Waals surface area contributed by atoms with Gasteiger partial charge in [0.05, 0.1) is 20.0 Å². The van der Waals surface area contributed by atoms with Gasteiger partial charge in [-0.3, -0.25) is 0 Å². The number of hydrogen-bond donors (Lipinski definition) is 0. The Morgan fingerprint density at radius 2 is 1.14 bits per heavy atom. The van der Waals surface area contributed by atoms with Gasteiger partial charge in [-0.2, -0.15) is 0 Å². The fraction of sp³-hybridized carbons (Fsp3) is 0.128. The van der Waals surface area contributed by atoms with Crippen molar-refractivity contribution in [3.05, 3.63) is 144 Å². The van der Waals surface area contributed by atoms with Crippen molar-refractivity contribution in [3.63, 3.8) is 0 Å². The molecule has 0 atom stereocenters. The minimum atomic E-state index is 0.544. The van der Waals surface area contributed by atoms with Crippen LogP contribution >= 0.6 is 0 Å². The van der Waals surface area contributed by atoms with Crippen molar-refractivity contribution in [2.24, 2.45) is 0 Å². The third-order valence-corrected chi connectivity index (χ3v) is 7.80. The summed E-state index contributed by atoms with van der Waals surface area (Å²) in [4.78, 5) is 2.24. The van der Waals surface area contributed by atoms with E-state index >= 15 is 0 Å². The molecule has 214 valence electrons. The summed E-state index contributed by atoms with van der Waals surface area (Å²) in [5.74, 6) is 2.53. The van der Waals surface area contributed by atoms with Crippen LogP contribution in [0.15, 0.2) is 127 Å². The molecule has 0 saturated heterocycles. The number of aryl methyl sites for hydroxylation is 1. The maximum Gasteiger partial charge on any atom is 0.119 e. The molecule has 43 heavy (non-hydrogen) atoms. The molecule has 0 aliphatic carbocycles. The lowest BCUT2D eigenvalue weighted by atomic mass is 10.0. The molecule has 0 heterocycles. The van der Waals surface area contributed by atoms with Crippen LogP contribution < -0.4 is 14.4 Å². The molecule has 0 amide bonds. The molecule has 6 aromatic carbocycles. The topological polar surface area (TPSA) is 30.9 Å². The van der Waals surface area contributed by atoms with Crippen molar-refractivity contribution in [1.29, 1.82) is 0 Å². The summed E-state index contributed by atoms with van der Waals surface area (Å²) in [5, 5.41) is 4.82. The molecule has 6 aromatic rings. The van der Waals surface area contributed by atoms with E-state index in [9.17, 15) is 0 Å². The van der Waals surface area contributed by atoms with E-state index in [0.717, 1.165) is 45.3 Å². The largest absolute Gasteiger partial charge is 0.497 e. The van der Waals surface area contributed by atoms with Crippen molar-refractivity contribution in [2.75, 3.05) is 19.1 Å². The Hall–Kier alpha value is -5.22. The van der Waals surface area contributed by atoms with Gasteiger partial charge in [0.2, 0.25) is 0 Å². The van der Waals surface area contributed by atoms with Gasteiger partial charge in [-0.1, -0.05) is 48.5 Å². The van der Waals surface area contributed by atoms with Crippen LogP contribution in [0.3, 0.4) is 0 Å². The Labute approximate surface area is 253 Å². The van der Waals surface area contributed by atoms with Gasteiger partial charge in [0, 0.05) is 17.1 Å². The van der Waals surface area contributed by atoms with Crippen LogP contribution in [0.1, 0.15) is 23.6 Å². The minimum absolute atomic E-state index is 0.544. The van der Waals surface area contributed by atoms with Crippen LogP contribution in [0.25, 0.3) is 27.6 Å². The Kier molecular flexibility index (Phi) is 8.01. The van der Waals surface area contributed by atoms with Gasteiger partial charge < -0.3 is 19.1 Å². The maximum absolute atomic E-state index is 6.19. The molecule has 0 aliphatic rings. The maximum atomic E-state index is 6.19. The highest BCUT2D eigenvalue weighted by molar-refractivity contribution is 5.90. The average Bonchev–Trinajstić information content (AvgIpc) is 3.04. The lowest BCUT2D eigenvalue weighted by Crippen LogP contribution is -2.09. The minimum Gasteiger partial charge on any atom is -0.497 e. The molecule has 0 aliphatic heterocycles. The number of ether oxygens (including phenoxy) is 3. The van der Waals surface area contributed by atoms with Crippen molar-refractivity contribution >= 4 is 44.7 Å². The number of nitrogens with zero attached hydrogens (tertiary/aromatic N) is 1. The smallest absolute Gasteiger partial charge is 0.119 e. The zero-order valence-electron chi connectivity index (χ0n) is 25.0. The average molecular weight is 566 g/mol. The highest BCUT2D eigenvalue weighted by atomic mass is 16.5. The van der Waals surface area contributed by atoms with E-state index in [-0.39, 0.29) is 0 Å². The number of benzene rings is 6. The van der Waals surface area contributed by atoms with Gasteiger partial charge in [0.25, 0.3) is 0 Å². The molecule has 4 heteroatoms. The first-order valence-electron chi connectivity index (χ1n) is 14.4. The summed E-state index contributed by atoms with van der Waals surface area (Å²) < 4.78 is 17.0. The highest BCUT2D eigenvalue weighted by Crippen LogP contribution is 2.37. The van der Waals surface area contributed by atoms with Crippen LogP contribution in [-0.2, 0) is 11.3 Å². The molecule has 0 aromatic heterocycles. The van der Waals surface area contributed by atoms with Gasteiger partial charge in [-0.05, 0) is 131 Å². The first-order valence-corrected chi connectivity index (χ1v) is 14.4. The van der Waals surface area contributed by atoms with Gasteiger partial charge >= 0.3 is 0 Å². The van der Waals surface area contributed by atoms with Crippen LogP contribution in [-0.4, -0.2) is 14.2 Å². The number of anilines is 3. The van der Waals surface area contributed by atoms with E-state index in [0.29, 0.717) is 6.61 Å². The van der Waals surface area contributed by atoms with Crippen LogP contribution in [0, 0.1) is 6.92 Å². The number of hydrogen-bond acceptors (Lipinski definition) is 4. The second-order valence-corrected chi connectivity index (χ2v) is 10.7. The van der Waals surface area contributed by atoms with E-state index in [4.69, 9.17) is 14.2 Å². The fourth-order valence-electron chi connectivity index (χ4n) is 5.42. The Morgan fingerprint density at radius 1 is 0.605 bits per heavy atom. The van der Waals surface area contributed by atoms with Crippen molar-refractivity contribution in [3.8, 4) is 11.5 Å². The molecule has 0 fully saturated rings. The Bertz CT molecular complexity index is 1860. The zero-order chi connectivity index (χ0) is 29.8. The zero-order valence-corrected chi connectivity index (χ0v) is 25.0. The number of allylic oxidation sites excluding steroid dienone is 1. The van der Waals surface area contributed by atoms with E-state index < -0.39 is 0 Å². The van der Waals surface area contributed by atoms with Gasteiger partial charge in [-0.15, -0.1) is 0 Å². The molecule has 4 nitrogen and oxygen atoms in total. The summed E-state index contributed by atoms with van der Waals surface area (Å²) in [7, 11) is 3.37. The van der Waals surface area contributed by atoms with Gasteiger partial charge in [0.15, 0.2) is 0 Å². The van der Waals surface area contributed by atoms with E-state index in [1.165, 1.54) is 27.3 Å². The van der Waals surface area contributed by atoms with Crippen LogP contribution in [0.4, 0.5) is 17.1 Å². The van der Waals surface area contributed by atoms with Crippen molar-refractivity contribution < 1.29 is 14.2 Å². The first kappa shape index (κ1) is 27.9. The predicted octanol–water partition coefficient (Wildman–Crippen LogP) is 10.4. The summed E-state index contributed by atoms with van der Waals surface area (Å²) in [6, 6.07) is 42.2. The first-order chi connectivity index (χ1) is 21.0. The molecule has 0 spiro atoms. The second kappa shape index (κ2) is 12.3. The summed E-state index contributed by atoms with van der Waals surface area (Å²) in [6.45, 7) is 4.71. The summed E-state index contributed by atoms with van der Waals surface area (Å²) in [6.07, 6.45) is 2.10. The quantitative estimate of drug-likeness (QED) is 0.163. The third kappa shape index (κ3) is 6.19. The Morgan fingerprint density at radius 3 is 1.77 bits per heavy atom. The molecule has 0 unspecified atom stereocenters. The fourth-order valence-corrected chi connectivity index (χ4v) is 5.42. The van der Waals surface area contributed by atoms with Crippen molar-refractivity contribution in [2.45, 2.75) is 20.5 Å². The van der Waals surface area contributed by atoms with Crippen LogP contribution in [0.2, 0.25) is 0 Å². The molecule has 0 N–H and O–H groups in total. The third-order valence-electron chi connectivity index (χ3n) is 7.80. The monoisotopic (exact) mass is 565 g/mol.